The van der Waals surface area contributed by atoms with Gasteiger partial charge < -0.3 is 15.0 Å². The number of hydrogen-bond acceptors (Lipinski definition) is 4. The third-order valence-electron chi connectivity index (χ3n) is 3.35. The van der Waals surface area contributed by atoms with Gasteiger partial charge in [-0.1, -0.05) is 0 Å². The quantitative estimate of drug-likeness (QED) is 0.739. The van der Waals surface area contributed by atoms with Gasteiger partial charge in [0.25, 0.3) is 0 Å². The molecule has 0 spiro atoms. The van der Waals surface area contributed by atoms with Crippen LogP contribution in [0, 0.1) is 0 Å². The molecule has 0 saturated carbocycles. The molecule has 0 radical (unpaired) electrons. The Morgan fingerprint density at radius 1 is 1.47 bits per heavy atom. The van der Waals surface area contributed by atoms with Crippen molar-refractivity contribution in [2.45, 2.75) is 51.3 Å². The highest BCUT2D eigenvalue weighted by atomic mass is 16.6. The fourth-order valence-corrected chi connectivity index (χ4v) is 2.46. The molecule has 2 atom stereocenters. The van der Waals surface area contributed by atoms with Crippen LogP contribution in [-0.4, -0.2) is 58.1 Å². The number of carbonyl (C=O) groups is 2. The number of ether oxygens (including phenoxy) is 1. The average molecular weight is 271 g/mol. The van der Waals surface area contributed by atoms with E-state index in [4.69, 9.17) is 4.74 Å². The van der Waals surface area contributed by atoms with Crippen molar-refractivity contribution in [1.82, 2.24) is 15.3 Å². The Labute approximate surface area is 112 Å². The first-order chi connectivity index (χ1) is 8.78. The maximum absolute atomic E-state index is 11.7. The first-order valence-electron chi connectivity index (χ1n) is 6.53. The first kappa shape index (κ1) is 13.9. The molecule has 2 fully saturated rings. The third-order valence-corrected chi connectivity index (χ3v) is 3.35. The average Bonchev–Trinajstić information content (AvgIpc) is 2.52. The van der Waals surface area contributed by atoms with Crippen LogP contribution in [0.4, 0.5) is 9.59 Å². The van der Waals surface area contributed by atoms with Gasteiger partial charge in [-0.05, 0) is 33.6 Å². The normalized spacial score (nSPS) is 26.6. The Balaban J connectivity index is 1.84. The SMILES string of the molecule is CC(C)(C)OC(=O)NCC1CCC2CN1C(=O)N2O. The third kappa shape index (κ3) is 3.09. The molecule has 2 saturated heterocycles. The lowest BCUT2D eigenvalue weighted by atomic mass is 10.0. The summed E-state index contributed by atoms with van der Waals surface area (Å²) in [5, 5.41) is 13.0. The predicted molar refractivity (Wildman–Crippen MR) is 66.8 cm³/mol. The van der Waals surface area contributed by atoms with Gasteiger partial charge in [0.15, 0.2) is 0 Å². The van der Waals surface area contributed by atoms with Crippen LogP contribution in [-0.2, 0) is 4.74 Å². The van der Waals surface area contributed by atoms with Gasteiger partial charge in [0.2, 0.25) is 0 Å². The molecule has 0 aromatic heterocycles. The van der Waals surface area contributed by atoms with E-state index in [0.717, 1.165) is 17.9 Å². The van der Waals surface area contributed by atoms with E-state index >= 15 is 0 Å². The van der Waals surface area contributed by atoms with Crippen molar-refractivity contribution in [1.29, 1.82) is 0 Å². The molecule has 2 aliphatic heterocycles. The number of amides is 3. The number of rotatable bonds is 2. The number of hydrogen-bond donors (Lipinski definition) is 2. The molecule has 2 bridgehead atoms. The Kier molecular flexibility index (Phi) is 3.58. The smallest absolute Gasteiger partial charge is 0.407 e. The summed E-state index contributed by atoms with van der Waals surface area (Å²) in [5.41, 5.74) is -0.535. The van der Waals surface area contributed by atoms with Crippen molar-refractivity contribution in [3.8, 4) is 0 Å². The van der Waals surface area contributed by atoms with E-state index in [1.165, 1.54) is 0 Å². The summed E-state index contributed by atoms with van der Waals surface area (Å²) in [6, 6.07) is -0.558. The zero-order valence-electron chi connectivity index (χ0n) is 11.5. The first-order valence-corrected chi connectivity index (χ1v) is 6.53. The van der Waals surface area contributed by atoms with E-state index in [0.29, 0.717) is 13.1 Å². The highest BCUT2D eigenvalue weighted by Crippen LogP contribution is 2.27. The topological polar surface area (TPSA) is 82.1 Å². The minimum absolute atomic E-state index is 0.0755. The Morgan fingerprint density at radius 2 is 2.16 bits per heavy atom. The van der Waals surface area contributed by atoms with E-state index in [9.17, 15) is 14.8 Å². The molecule has 0 aromatic rings. The maximum atomic E-state index is 11.7. The molecule has 108 valence electrons. The molecule has 2 aliphatic rings. The van der Waals surface area contributed by atoms with Crippen LogP contribution >= 0.6 is 0 Å². The second kappa shape index (κ2) is 4.88. The maximum Gasteiger partial charge on any atom is 0.407 e. The summed E-state index contributed by atoms with van der Waals surface area (Å²) in [5.74, 6) is 0. The number of urea groups is 1. The molecule has 2 N–H and O–H groups in total. The highest BCUT2D eigenvalue weighted by Gasteiger charge is 2.44. The highest BCUT2D eigenvalue weighted by molar-refractivity contribution is 5.77. The lowest BCUT2D eigenvalue weighted by Gasteiger charge is -2.30. The number of hydroxylamine groups is 2. The molecular formula is C12H21N3O4. The molecule has 0 aromatic carbocycles. The number of fused-ring (bicyclic) bond motifs is 2. The van der Waals surface area contributed by atoms with Gasteiger partial charge in [-0.25, -0.2) is 14.7 Å². The Morgan fingerprint density at radius 3 is 2.79 bits per heavy atom. The van der Waals surface area contributed by atoms with Crippen LogP contribution < -0.4 is 5.32 Å². The van der Waals surface area contributed by atoms with Gasteiger partial charge in [-0.15, -0.1) is 0 Å². The standard InChI is InChI=1S/C12H21N3O4/c1-12(2,3)19-10(16)13-6-8-4-5-9-7-14(8)11(17)15(9)18/h8-9,18H,4-7H2,1-3H3,(H,13,16). The van der Waals surface area contributed by atoms with Gasteiger partial charge in [0.1, 0.15) is 5.60 Å². The van der Waals surface area contributed by atoms with Gasteiger partial charge >= 0.3 is 12.1 Å². The Bertz CT molecular complexity index is 380. The zero-order valence-corrected chi connectivity index (χ0v) is 11.5. The van der Waals surface area contributed by atoms with E-state index in [1.54, 1.807) is 25.7 Å². The second-order valence-corrected chi connectivity index (χ2v) is 6.05. The molecule has 2 rings (SSSR count). The fraction of sp³-hybridized carbons (Fsp3) is 0.833. The van der Waals surface area contributed by atoms with Gasteiger partial charge in [0.05, 0.1) is 12.1 Å². The molecule has 3 amide bonds. The van der Waals surface area contributed by atoms with E-state index in [2.05, 4.69) is 5.32 Å². The van der Waals surface area contributed by atoms with Crippen molar-refractivity contribution in [3.63, 3.8) is 0 Å². The minimum atomic E-state index is -0.535. The summed E-state index contributed by atoms with van der Waals surface area (Å²) < 4.78 is 5.14. The second-order valence-electron chi connectivity index (χ2n) is 6.05. The number of alkyl carbamates (subject to hydrolysis) is 1. The number of piperidine rings is 1. The van der Waals surface area contributed by atoms with Crippen molar-refractivity contribution < 1.29 is 19.5 Å². The number of nitrogens with zero attached hydrogens (tertiary/aromatic N) is 2. The minimum Gasteiger partial charge on any atom is -0.444 e. The van der Waals surface area contributed by atoms with E-state index in [-0.39, 0.29) is 18.1 Å². The molecule has 19 heavy (non-hydrogen) atoms. The monoisotopic (exact) mass is 271 g/mol. The van der Waals surface area contributed by atoms with Crippen LogP contribution in [0.1, 0.15) is 33.6 Å². The largest absolute Gasteiger partial charge is 0.444 e. The van der Waals surface area contributed by atoms with Crippen molar-refractivity contribution in [2.75, 3.05) is 13.1 Å². The van der Waals surface area contributed by atoms with Crippen molar-refractivity contribution in [3.05, 3.63) is 0 Å². The summed E-state index contributed by atoms with van der Waals surface area (Å²) in [4.78, 5) is 24.9. The van der Waals surface area contributed by atoms with E-state index in [1.807, 2.05) is 0 Å². The molecule has 0 aliphatic carbocycles. The van der Waals surface area contributed by atoms with Gasteiger partial charge in [0, 0.05) is 13.1 Å². The summed E-state index contributed by atoms with van der Waals surface area (Å²) in [7, 11) is 0. The number of nitrogens with one attached hydrogen (secondary N) is 1. The lowest BCUT2D eigenvalue weighted by Crippen LogP contribution is -2.47. The van der Waals surface area contributed by atoms with Crippen LogP contribution in [0.5, 0.6) is 0 Å². The molecule has 2 heterocycles. The van der Waals surface area contributed by atoms with Crippen molar-refractivity contribution >= 4 is 12.1 Å². The van der Waals surface area contributed by atoms with Crippen LogP contribution in [0.2, 0.25) is 0 Å². The number of carbonyl (C=O) groups excluding carboxylic acids is 2. The molecule has 7 nitrogen and oxygen atoms in total. The van der Waals surface area contributed by atoms with Crippen LogP contribution in [0.15, 0.2) is 0 Å². The van der Waals surface area contributed by atoms with E-state index < -0.39 is 11.7 Å². The van der Waals surface area contributed by atoms with Gasteiger partial charge in [-0.3, -0.25) is 5.21 Å². The fourth-order valence-electron chi connectivity index (χ4n) is 2.46. The molecule has 2 unspecified atom stereocenters. The summed E-state index contributed by atoms with van der Waals surface area (Å²) in [6.07, 6.45) is 1.03. The van der Waals surface area contributed by atoms with Crippen LogP contribution in [0.3, 0.4) is 0 Å². The predicted octanol–water partition coefficient (Wildman–Crippen LogP) is 1.17. The van der Waals surface area contributed by atoms with Gasteiger partial charge in [-0.2, -0.15) is 0 Å². The zero-order chi connectivity index (χ0) is 14.2. The van der Waals surface area contributed by atoms with Crippen molar-refractivity contribution in [2.24, 2.45) is 0 Å². The molecular weight excluding hydrogens is 250 g/mol. The lowest BCUT2D eigenvalue weighted by molar-refractivity contribution is -0.0584. The summed E-state index contributed by atoms with van der Waals surface area (Å²) in [6.45, 7) is 6.26. The Hall–Kier alpha value is -1.50. The van der Waals surface area contributed by atoms with Crippen LogP contribution in [0.25, 0.3) is 0 Å². The summed E-state index contributed by atoms with van der Waals surface area (Å²) >= 11 is 0. The molecule has 7 heteroatoms.